The van der Waals surface area contributed by atoms with Crippen LogP contribution in [0.2, 0.25) is 0 Å². The lowest BCUT2D eigenvalue weighted by Crippen LogP contribution is -2.46. The third-order valence-corrected chi connectivity index (χ3v) is 3.48. The monoisotopic (exact) mass is 230 g/mol. The topological polar surface area (TPSA) is 33.6 Å². The third kappa shape index (κ3) is 4.43. The fourth-order valence-electron chi connectivity index (χ4n) is 1.20. The van der Waals surface area contributed by atoms with Gasteiger partial charge in [-0.05, 0) is 34.1 Å². The summed E-state index contributed by atoms with van der Waals surface area (Å²) in [5.41, 5.74) is 0.0120. The molecular formula is C11H22N2OS. The molecule has 0 aromatic carbocycles. The molecule has 1 aliphatic rings. The number of aliphatic imine (C=N–C) groups is 1. The van der Waals surface area contributed by atoms with Crippen LogP contribution in [0.1, 0.15) is 34.1 Å². The van der Waals surface area contributed by atoms with Gasteiger partial charge in [-0.15, -0.1) is 0 Å². The lowest BCUT2D eigenvalue weighted by Gasteiger charge is -2.33. The maximum atomic E-state index is 5.34. The number of rotatable bonds is 3. The van der Waals surface area contributed by atoms with Crippen LogP contribution in [0.25, 0.3) is 0 Å². The largest absolute Gasteiger partial charge is 0.377 e. The Labute approximate surface area is 97.1 Å². The summed E-state index contributed by atoms with van der Waals surface area (Å²) >= 11 is 1.80. The van der Waals surface area contributed by atoms with Gasteiger partial charge in [0.1, 0.15) is 0 Å². The molecule has 15 heavy (non-hydrogen) atoms. The highest BCUT2D eigenvalue weighted by Gasteiger charge is 2.25. The van der Waals surface area contributed by atoms with E-state index >= 15 is 0 Å². The van der Waals surface area contributed by atoms with Gasteiger partial charge >= 0.3 is 0 Å². The Bertz CT molecular complexity index is 249. The third-order valence-electron chi connectivity index (χ3n) is 2.57. The van der Waals surface area contributed by atoms with E-state index in [0.717, 1.165) is 10.9 Å². The molecule has 0 bridgehead atoms. The number of ether oxygens (including phenoxy) is 1. The van der Waals surface area contributed by atoms with Crippen LogP contribution in [-0.2, 0) is 4.74 Å². The van der Waals surface area contributed by atoms with E-state index in [4.69, 9.17) is 4.74 Å². The van der Waals surface area contributed by atoms with Gasteiger partial charge in [-0.3, -0.25) is 4.99 Å². The Morgan fingerprint density at radius 1 is 1.53 bits per heavy atom. The lowest BCUT2D eigenvalue weighted by molar-refractivity contribution is 0.0311. The van der Waals surface area contributed by atoms with Crippen LogP contribution in [0.5, 0.6) is 0 Å². The van der Waals surface area contributed by atoms with Crippen molar-refractivity contribution in [3.63, 3.8) is 0 Å². The summed E-state index contributed by atoms with van der Waals surface area (Å²) in [6, 6.07) is 0. The molecule has 88 valence electrons. The van der Waals surface area contributed by atoms with Gasteiger partial charge in [0.2, 0.25) is 0 Å². The van der Waals surface area contributed by atoms with Crippen molar-refractivity contribution in [1.82, 2.24) is 5.32 Å². The molecule has 0 atom stereocenters. The molecule has 3 nitrogen and oxygen atoms in total. The molecule has 1 saturated heterocycles. The average Bonchev–Trinajstić information content (AvgIpc) is 2.14. The quantitative estimate of drug-likeness (QED) is 0.807. The van der Waals surface area contributed by atoms with E-state index in [0.29, 0.717) is 6.54 Å². The molecule has 0 aliphatic carbocycles. The second kappa shape index (κ2) is 4.74. The summed E-state index contributed by atoms with van der Waals surface area (Å²) in [5.74, 6) is 1.15. The maximum Gasteiger partial charge on any atom is 0.157 e. The molecule has 0 unspecified atom stereocenters. The molecule has 4 heteroatoms. The second-order valence-electron chi connectivity index (χ2n) is 5.19. The Hall–Kier alpha value is -0.220. The van der Waals surface area contributed by atoms with Gasteiger partial charge in [-0.25, -0.2) is 0 Å². The summed E-state index contributed by atoms with van der Waals surface area (Å²) < 4.78 is 5.34. The molecular weight excluding hydrogens is 208 g/mol. The van der Waals surface area contributed by atoms with E-state index in [1.165, 1.54) is 6.42 Å². The zero-order chi connectivity index (χ0) is 11.5. The lowest BCUT2D eigenvalue weighted by atomic mass is 10.0. The molecule has 1 rings (SSSR count). The van der Waals surface area contributed by atoms with Crippen LogP contribution in [-0.4, -0.2) is 35.7 Å². The number of hydrogen-bond donors (Lipinski definition) is 1. The molecule has 0 aromatic rings. The molecule has 0 radical (unpaired) electrons. The van der Waals surface area contributed by atoms with E-state index in [-0.39, 0.29) is 11.1 Å². The molecule has 1 aliphatic heterocycles. The van der Waals surface area contributed by atoms with Crippen molar-refractivity contribution >= 4 is 16.9 Å². The average molecular weight is 230 g/mol. The van der Waals surface area contributed by atoms with E-state index in [2.05, 4.69) is 38.0 Å². The number of amidine groups is 1. The minimum absolute atomic E-state index is 0.170. The minimum Gasteiger partial charge on any atom is -0.377 e. The summed E-state index contributed by atoms with van der Waals surface area (Å²) in [6.45, 7) is 9.23. The molecule has 0 saturated carbocycles. The Balaban J connectivity index is 2.53. The smallest absolute Gasteiger partial charge is 0.157 e. The molecule has 0 amide bonds. The summed E-state index contributed by atoms with van der Waals surface area (Å²) in [5, 5.41) is 4.50. The van der Waals surface area contributed by atoms with E-state index in [9.17, 15) is 0 Å². The van der Waals surface area contributed by atoms with Crippen molar-refractivity contribution in [2.24, 2.45) is 4.99 Å². The Morgan fingerprint density at radius 2 is 2.20 bits per heavy atom. The predicted molar refractivity (Wildman–Crippen MR) is 67.7 cm³/mol. The van der Waals surface area contributed by atoms with Gasteiger partial charge in [0.25, 0.3) is 0 Å². The number of methoxy groups -OCH3 is 1. The molecule has 1 fully saturated rings. The normalized spacial score (nSPS) is 23.9. The first kappa shape index (κ1) is 12.8. The number of nitrogens with zero attached hydrogens (tertiary/aromatic N) is 1. The zero-order valence-corrected chi connectivity index (χ0v) is 11.2. The van der Waals surface area contributed by atoms with Crippen LogP contribution < -0.4 is 5.32 Å². The first-order valence-electron chi connectivity index (χ1n) is 5.35. The summed E-state index contributed by atoms with van der Waals surface area (Å²) in [7, 11) is 1.73. The summed E-state index contributed by atoms with van der Waals surface area (Å²) in [6.07, 6.45) is 1.18. The highest BCUT2D eigenvalue weighted by molar-refractivity contribution is 8.13. The Morgan fingerprint density at radius 3 is 2.73 bits per heavy atom. The van der Waals surface area contributed by atoms with Gasteiger partial charge in [-0.2, -0.15) is 0 Å². The molecule has 1 N–H and O–H groups in total. The summed E-state index contributed by atoms with van der Waals surface area (Å²) in [4.78, 5) is 4.56. The van der Waals surface area contributed by atoms with Crippen molar-refractivity contribution in [2.45, 2.75) is 45.3 Å². The van der Waals surface area contributed by atoms with Gasteiger partial charge in [0, 0.05) is 18.4 Å². The highest BCUT2D eigenvalue weighted by Crippen LogP contribution is 2.22. The molecule has 0 spiro atoms. The van der Waals surface area contributed by atoms with Gasteiger partial charge < -0.3 is 10.1 Å². The standard InChI is InChI=1S/C11H22N2OS/c1-10(2)6-7-15-9(13-10)12-8-11(3,4)14-5/h6-8H2,1-5H3,(H,12,13). The van der Waals surface area contributed by atoms with Gasteiger partial charge in [0.05, 0.1) is 12.1 Å². The highest BCUT2D eigenvalue weighted by atomic mass is 32.2. The van der Waals surface area contributed by atoms with Crippen molar-refractivity contribution in [2.75, 3.05) is 19.4 Å². The predicted octanol–water partition coefficient (Wildman–Crippen LogP) is 2.27. The first-order chi connectivity index (χ1) is 6.85. The van der Waals surface area contributed by atoms with E-state index in [1.807, 2.05) is 0 Å². The Kier molecular flexibility index (Phi) is 4.06. The van der Waals surface area contributed by atoms with Crippen molar-refractivity contribution in [3.8, 4) is 0 Å². The van der Waals surface area contributed by atoms with Crippen molar-refractivity contribution in [3.05, 3.63) is 0 Å². The first-order valence-corrected chi connectivity index (χ1v) is 6.34. The number of thioether (sulfide) groups is 1. The zero-order valence-electron chi connectivity index (χ0n) is 10.4. The number of hydrogen-bond acceptors (Lipinski definition) is 3. The van der Waals surface area contributed by atoms with E-state index in [1.54, 1.807) is 18.9 Å². The molecule has 0 aromatic heterocycles. The SMILES string of the molecule is COC(C)(C)CN=C1NC(C)(C)CCS1. The van der Waals surface area contributed by atoms with Gasteiger partial charge in [-0.1, -0.05) is 11.8 Å². The van der Waals surface area contributed by atoms with Crippen molar-refractivity contribution in [1.29, 1.82) is 0 Å². The van der Waals surface area contributed by atoms with Gasteiger partial charge in [0.15, 0.2) is 5.17 Å². The van der Waals surface area contributed by atoms with Crippen molar-refractivity contribution < 1.29 is 4.74 Å². The minimum atomic E-state index is -0.170. The van der Waals surface area contributed by atoms with Crippen LogP contribution >= 0.6 is 11.8 Å². The maximum absolute atomic E-state index is 5.34. The van der Waals surface area contributed by atoms with Crippen LogP contribution in [0.3, 0.4) is 0 Å². The molecule has 1 heterocycles. The van der Waals surface area contributed by atoms with E-state index < -0.39 is 0 Å². The van der Waals surface area contributed by atoms with Crippen LogP contribution in [0.4, 0.5) is 0 Å². The number of nitrogens with one attached hydrogen (secondary N) is 1. The van der Waals surface area contributed by atoms with Crippen LogP contribution in [0, 0.1) is 0 Å². The van der Waals surface area contributed by atoms with Crippen LogP contribution in [0.15, 0.2) is 4.99 Å². The fraction of sp³-hybridized carbons (Fsp3) is 0.909. The fourth-order valence-corrected chi connectivity index (χ4v) is 2.51. The second-order valence-corrected chi connectivity index (χ2v) is 6.28.